The summed E-state index contributed by atoms with van der Waals surface area (Å²) in [5.74, 6) is -0.572. The van der Waals surface area contributed by atoms with Gasteiger partial charge in [0.2, 0.25) is 0 Å². The van der Waals surface area contributed by atoms with Crippen molar-refractivity contribution < 1.29 is 14.3 Å². The fraction of sp³-hybridized carbons (Fsp3) is 0.300. The molecule has 0 amide bonds. The first-order valence-electron chi connectivity index (χ1n) is 4.10. The van der Waals surface area contributed by atoms with Crippen LogP contribution in [0.4, 0.5) is 4.39 Å². The number of alkyl halides is 1. The third kappa shape index (κ3) is 2.39. The summed E-state index contributed by atoms with van der Waals surface area (Å²) >= 11 is 3.15. The first kappa shape index (κ1) is 11.3. The van der Waals surface area contributed by atoms with Crippen LogP contribution < -0.4 is 0 Å². The van der Waals surface area contributed by atoms with Gasteiger partial charge in [0.1, 0.15) is 11.6 Å². The van der Waals surface area contributed by atoms with Crippen molar-refractivity contribution in [3.8, 4) is 0 Å². The van der Waals surface area contributed by atoms with Gasteiger partial charge in [-0.05, 0) is 18.6 Å². The molecule has 14 heavy (non-hydrogen) atoms. The lowest BCUT2D eigenvalue weighted by atomic mass is 10.1. The minimum Gasteiger partial charge on any atom is -0.392 e. The van der Waals surface area contributed by atoms with Crippen LogP contribution in [0.1, 0.15) is 22.9 Å². The Morgan fingerprint density at radius 2 is 2.29 bits per heavy atom. The van der Waals surface area contributed by atoms with Gasteiger partial charge in [-0.1, -0.05) is 28.1 Å². The van der Waals surface area contributed by atoms with Crippen LogP contribution in [-0.4, -0.2) is 10.9 Å². The van der Waals surface area contributed by atoms with Crippen LogP contribution in [0.15, 0.2) is 18.2 Å². The highest BCUT2D eigenvalue weighted by atomic mass is 79.9. The summed E-state index contributed by atoms with van der Waals surface area (Å²) in [5, 5.41) is 8.74. The molecule has 1 aromatic rings. The van der Waals surface area contributed by atoms with Crippen LogP contribution in [0, 0.1) is 5.82 Å². The molecule has 0 heterocycles. The van der Waals surface area contributed by atoms with Gasteiger partial charge < -0.3 is 5.11 Å². The highest BCUT2D eigenvalue weighted by Crippen LogP contribution is 2.25. The maximum Gasteiger partial charge on any atom is 0.147 e. The van der Waals surface area contributed by atoms with Crippen molar-refractivity contribution in [1.29, 1.82) is 0 Å². The van der Waals surface area contributed by atoms with E-state index in [1.54, 1.807) is 6.07 Å². The molecule has 4 heteroatoms. The van der Waals surface area contributed by atoms with Gasteiger partial charge in [-0.25, -0.2) is 4.39 Å². The number of carbonyl (C=O) groups is 1. The van der Waals surface area contributed by atoms with Crippen molar-refractivity contribution in [2.75, 3.05) is 0 Å². The lowest BCUT2D eigenvalue weighted by molar-refractivity contribution is -0.116. The highest BCUT2D eigenvalue weighted by molar-refractivity contribution is 9.09. The largest absolute Gasteiger partial charge is 0.392 e. The van der Waals surface area contributed by atoms with E-state index >= 15 is 0 Å². The standard InChI is InChI=1S/C10H10BrFO2/c1-6(14)10(11)7-2-3-8(5-13)9(12)4-7/h2-4,10,13H,5H2,1H3. The summed E-state index contributed by atoms with van der Waals surface area (Å²) in [6.45, 7) is 1.09. The average Bonchev–Trinajstić information content (AvgIpc) is 2.16. The fourth-order valence-electron chi connectivity index (χ4n) is 1.08. The number of aliphatic hydroxyl groups excluding tert-OH is 1. The number of Topliss-reactive ketones (excluding diaryl/α,β-unsaturated/α-hetero) is 1. The SMILES string of the molecule is CC(=O)C(Br)c1ccc(CO)c(F)c1. The number of halogens is 2. The number of aliphatic hydroxyl groups is 1. The molecule has 1 N–H and O–H groups in total. The second-order valence-electron chi connectivity index (χ2n) is 2.98. The molecule has 1 rings (SSSR count). The molecular weight excluding hydrogens is 251 g/mol. The van der Waals surface area contributed by atoms with Crippen LogP contribution >= 0.6 is 15.9 Å². The molecule has 0 saturated heterocycles. The molecule has 0 aromatic heterocycles. The molecule has 2 nitrogen and oxygen atoms in total. The zero-order chi connectivity index (χ0) is 10.7. The third-order valence-electron chi connectivity index (χ3n) is 1.90. The average molecular weight is 261 g/mol. The Hall–Kier alpha value is -0.740. The minimum atomic E-state index is -0.490. The molecule has 0 aliphatic carbocycles. The molecule has 1 unspecified atom stereocenters. The quantitative estimate of drug-likeness (QED) is 0.848. The van der Waals surface area contributed by atoms with E-state index in [4.69, 9.17) is 5.11 Å². The molecule has 76 valence electrons. The molecule has 1 atom stereocenters. The summed E-state index contributed by atoms with van der Waals surface area (Å²) in [6, 6.07) is 4.35. The van der Waals surface area contributed by atoms with Gasteiger partial charge in [-0.3, -0.25) is 4.79 Å². The zero-order valence-electron chi connectivity index (χ0n) is 7.63. The maximum absolute atomic E-state index is 13.2. The number of carbonyl (C=O) groups excluding carboxylic acids is 1. The monoisotopic (exact) mass is 260 g/mol. The van der Waals surface area contributed by atoms with Crippen molar-refractivity contribution in [1.82, 2.24) is 0 Å². The summed E-state index contributed by atoms with van der Waals surface area (Å²) in [4.78, 5) is 10.5. The normalized spacial score (nSPS) is 12.6. The van der Waals surface area contributed by atoms with Gasteiger partial charge in [0.25, 0.3) is 0 Å². The Morgan fingerprint density at radius 3 is 2.71 bits per heavy atom. The van der Waals surface area contributed by atoms with Crippen LogP contribution in [0.25, 0.3) is 0 Å². The van der Waals surface area contributed by atoms with E-state index in [1.165, 1.54) is 19.1 Å². The topological polar surface area (TPSA) is 37.3 Å². The lowest BCUT2D eigenvalue weighted by Gasteiger charge is -2.07. The van der Waals surface area contributed by atoms with E-state index in [9.17, 15) is 9.18 Å². The van der Waals surface area contributed by atoms with Crippen LogP contribution in [0.2, 0.25) is 0 Å². The number of ketones is 1. The Kier molecular flexibility index (Phi) is 3.77. The van der Waals surface area contributed by atoms with Crippen molar-refractivity contribution >= 4 is 21.7 Å². The third-order valence-corrected chi connectivity index (χ3v) is 3.07. The van der Waals surface area contributed by atoms with E-state index in [2.05, 4.69) is 15.9 Å². The molecule has 0 bridgehead atoms. The Morgan fingerprint density at radius 1 is 1.64 bits per heavy atom. The fourth-order valence-corrected chi connectivity index (χ4v) is 1.37. The predicted molar refractivity (Wildman–Crippen MR) is 54.7 cm³/mol. The molecular formula is C10H10BrFO2. The van der Waals surface area contributed by atoms with Gasteiger partial charge in [-0.2, -0.15) is 0 Å². The minimum absolute atomic E-state index is 0.0823. The lowest BCUT2D eigenvalue weighted by Crippen LogP contribution is -2.02. The van der Waals surface area contributed by atoms with Gasteiger partial charge in [-0.15, -0.1) is 0 Å². The molecule has 0 spiro atoms. The molecule has 0 aliphatic heterocycles. The highest BCUT2D eigenvalue weighted by Gasteiger charge is 2.14. The van der Waals surface area contributed by atoms with E-state index in [0.717, 1.165) is 0 Å². The van der Waals surface area contributed by atoms with Crippen LogP contribution in [0.3, 0.4) is 0 Å². The first-order chi connectivity index (χ1) is 6.56. The molecule has 0 radical (unpaired) electrons. The summed E-state index contributed by atoms with van der Waals surface area (Å²) in [7, 11) is 0. The van der Waals surface area contributed by atoms with Crippen molar-refractivity contribution in [3.05, 3.63) is 35.1 Å². The van der Waals surface area contributed by atoms with E-state index in [0.29, 0.717) is 5.56 Å². The van der Waals surface area contributed by atoms with Crippen LogP contribution in [-0.2, 0) is 11.4 Å². The number of rotatable bonds is 3. The summed E-state index contributed by atoms with van der Waals surface area (Å²) < 4.78 is 13.2. The number of hydrogen-bond donors (Lipinski definition) is 1. The number of benzene rings is 1. The van der Waals surface area contributed by atoms with Gasteiger partial charge in [0.15, 0.2) is 0 Å². The Labute approximate surface area is 89.9 Å². The van der Waals surface area contributed by atoms with Crippen molar-refractivity contribution in [3.63, 3.8) is 0 Å². The molecule has 1 aromatic carbocycles. The smallest absolute Gasteiger partial charge is 0.147 e. The zero-order valence-corrected chi connectivity index (χ0v) is 9.21. The second-order valence-corrected chi connectivity index (χ2v) is 3.90. The van der Waals surface area contributed by atoms with Gasteiger partial charge >= 0.3 is 0 Å². The maximum atomic E-state index is 13.2. The first-order valence-corrected chi connectivity index (χ1v) is 5.01. The molecule has 0 fully saturated rings. The second kappa shape index (κ2) is 4.66. The number of hydrogen-bond acceptors (Lipinski definition) is 2. The van der Waals surface area contributed by atoms with Gasteiger partial charge in [0, 0.05) is 5.56 Å². The van der Waals surface area contributed by atoms with Crippen molar-refractivity contribution in [2.24, 2.45) is 0 Å². The van der Waals surface area contributed by atoms with Crippen molar-refractivity contribution in [2.45, 2.75) is 18.4 Å². The Bertz CT molecular complexity index is 352. The summed E-state index contributed by atoms with van der Waals surface area (Å²) in [5.41, 5.74) is 0.796. The van der Waals surface area contributed by atoms with Gasteiger partial charge in [0.05, 0.1) is 11.4 Å². The van der Waals surface area contributed by atoms with Crippen LogP contribution in [0.5, 0.6) is 0 Å². The van der Waals surface area contributed by atoms with E-state index in [1.807, 2.05) is 0 Å². The molecule has 0 aliphatic rings. The Balaban J connectivity index is 3.02. The predicted octanol–water partition coefficient (Wildman–Crippen LogP) is 2.34. The summed E-state index contributed by atoms with van der Waals surface area (Å²) in [6.07, 6.45) is 0. The molecule has 0 saturated carbocycles. The van der Waals surface area contributed by atoms with E-state index in [-0.39, 0.29) is 18.0 Å². The van der Waals surface area contributed by atoms with E-state index < -0.39 is 10.6 Å².